The average Bonchev–Trinajstić information content (AvgIpc) is 2.38. The Morgan fingerprint density at radius 3 is 3.00 bits per heavy atom. The lowest BCUT2D eigenvalue weighted by atomic mass is 10.6. The Kier molecular flexibility index (Phi) is 1.17. The number of aromatic nitrogens is 3. The van der Waals surface area contributed by atoms with Gasteiger partial charge >= 0.3 is 0 Å². The van der Waals surface area contributed by atoms with E-state index in [1.165, 1.54) is 11.3 Å². The quantitative estimate of drug-likeness (QED) is 0.629. The lowest BCUT2D eigenvalue weighted by molar-refractivity contribution is 0.773. The third-order valence-electron chi connectivity index (χ3n) is 1.51. The van der Waals surface area contributed by atoms with Crippen molar-refractivity contribution in [2.45, 2.75) is 6.92 Å². The molecule has 0 unspecified atom stereocenters. The van der Waals surface area contributed by atoms with Gasteiger partial charge in [-0.1, -0.05) is 0 Å². The van der Waals surface area contributed by atoms with Crippen LogP contribution in [0.4, 0.5) is 0 Å². The molecule has 0 saturated carbocycles. The Morgan fingerprint density at radius 1 is 1.64 bits per heavy atom. The molecule has 0 amide bonds. The molecule has 0 saturated heterocycles. The highest BCUT2D eigenvalue weighted by molar-refractivity contribution is 7.18. The highest BCUT2D eigenvalue weighted by Gasteiger charge is 2.07. The van der Waals surface area contributed by atoms with Gasteiger partial charge in [0.1, 0.15) is 4.70 Å². The summed E-state index contributed by atoms with van der Waals surface area (Å²) in [5, 5.41) is 3.56. The highest BCUT2D eigenvalue weighted by Crippen LogP contribution is 2.15. The van der Waals surface area contributed by atoms with Crippen molar-refractivity contribution in [2.24, 2.45) is 7.05 Å². The van der Waals surface area contributed by atoms with E-state index in [9.17, 15) is 4.79 Å². The van der Waals surface area contributed by atoms with Crippen molar-refractivity contribution in [1.82, 2.24) is 14.8 Å². The first-order chi connectivity index (χ1) is 5.18. The third kappa shape index (κ3) is 0.808. The molecule has 0 radical (unpaired) electrons. The van der Waals surface area contributed by atoms with E-state index in [1.807, 2.05) is 6.92 Å². The van der Waals surface area contributed by atoms with Gasteiger partial charge in [0.2, 0.25) is 0 Å². The highest BCUT2D eigenvalue weighted by atomic mass is 32.1. The maximum atomic E-state index is 11.1. The van der Waals surface area contributed by atoms with E-state index < -0.39 is 0 Å². The van der Waals surface area contributed by atoms with Crippen LogP contribution in [-0.4, -0.2) is 14.8 Å². The maximum absolute atomic E-state index is 11.1. The van der Waals surface area contributed by atoms with E-state index in [4.69, 9.17) is 0 Å². The fourth-order valence-corrected chi connectivity index (χ4v) is 1.89. The minimum absolute atomic E-state index is 0.0481. The van der Waals surface area contributed by atoms with Crippen LogP contribution in [0.5, 0.6) is 0 Å². The number of hydrogen-bond donors (Lipinski definition) is 1. The zero-order valence-corrected chi connectivity index (χ0v) is 7.03. The van der Waals surface area contributed by atoms with Gasteiger partial charge in [0.05, 0.1) is 5.01 Å². The molecule has 2 rings (SSSR count). The van der Waals surface area contributed by atoms with E-state index in [1.54, 1.807) is 11.7 Å². The summed E-state index contributed by atoms with van der Waals surface area (Å²) in [6.07, 6.45) is 0. The monoisotopic (exact) mass is 169 g/mol. The Labute approximate surface area is 66.5 Å². The summed E-state index contributed by atoms with van der Waals surface area (Å²) in [7, 11) is 1.78. The first-order valence-electron chi connectivity index (χ1n) is 3.20. The topological polar surface area (TPSA) is 50.7 Å². The van der Waals surface area contributed by atoms with Gasteiger partial charge in [0, 0.05) is 7.05 Å². The lowest BCUT2D eigenvalue weighted by Crippen LogP contribution is -2.01. The van der Waals surface area contributed by atoms with Crippen LogP contribution in [-0.2, 0) is 7.05 Å². The molecule has 4 nitrogen and oxygen atoms in total. The molecular formula is C6H7N3OS. The second-order valence-electron chi connectivity index (χ2n) is 2.39. The van der Waals surface area contributed by atoms with Crippen LogP contribution >= 0.6 is 11.3 Å². The fraction of sp³-hybridized carbons (Fsp3) is 0.333. The SMILES string of the molecule is Cc1nc2c(s1)c(=O)[nH]n2C. The maximum Gasteiger partial charge on any atom is 0.283 e. The molecule has 0 atom stereocenters. The summed E-state index contributed by atoms with van der Waals surface area (Å²) >= 11 is 1.42. The van der Waals surface area contributed by atoms with Crippen molar-refractivity contribution < 1.29 is 0 Å². The molecule has 5 heteroatoms. The molecule has 58 valence electrons. The van der Waals surface area contributed by atoms with Gasteiger partial charge in [0.15, 0.2) is 5.65 Å². The number of fused-ring (bicyclic) bond motifs is 1. The Balaban J connectivity index is 3.03. The van der Waals surface area contributed by atoms with E-state index in [-0.39, 0.29) is 5.56 Å². The molecule has 0 aliphatic heterocycles. The van der Waals surface area contributed by atoms with Gasteiger partial charge in [-0.3, -0.25) is 14.6 Å². The van der Waals surface area contributed by atoms with Crippen molar-refractivity contribution in [3.05, 3.63) is 15.4 Å². The molecule has 0 bridgehead atoms. The summed E-state index contributed by atoms with van der Waals surface area (Å²) in [5.74, 6) is 0. The van der Waals surface area contributed by atoms with Crippen molar-refractivity contribution in [1.29, 1.82) is 0 Å². The summed E-state index contributed by atoms with van der Waals surface area (Å²) in [6, 6.07) is 0. The first-order valence-corrected chi connectivity index (χ1v) is 4.02. The van der Waals surface area contributed by atoms with Crippen molar-refractivity contribution in [2.75, 3.05) is 0 Å². The Bertz CT molecular complexity index is 450. The molecule has 0 spiro atoms. The van der Waals surface area contributed by atoms with Crippen molar-refractivity contribution in [3.63, 3.8) is 0 Å². The number of nitrogens with zero attached hydrogens (tertiary/aromatic N) is 2. The number of H-pyrrole nitrogens is 1. The van der Waals surface area contributed by atoms with Gasteiger partial charge in [-0.05, 0) is 6.92 Å². The molecular weight excluding hydrogens is 162 g/mol. The number of aromatic amines is 1. The van der Waals surface area contributed by atoms with Crippen LogP contribution in [0.2, 0.25) is 0 Å². The largest absolute Gasteiger partial charge is 0.283 e. The minimum atomic E-state index is -0.0481. The van der Waals surface area contributed by atoms with Gasteiger partial charge in [-0.2, -0.15) is 0 Å². The van der Waals surface area contributed by atoms with Crippen molar-refractivity contribution in [3.8, 4) is 0 Å². The number of nitrogens with one attached hydrogen (secondary N) is 1. The number of rotatable bonds is 0. The summed E-state index contributed by atoms with van der Waals surface area (Å²) in [5.41, 5.74) is 0.700. The normalized spacial score (nSPS) is 11.1. The molecule has 11 heavy (non-hydrogen) atoms. The Hall–Kier alpha value is -1.10. The summed E-state index contributed by atoms with van der Waals surface area (Å²) in [6.45, 7) is 1.89. The van der Waals surface area contributed by atoms with Crippen molar-refractivity contribution >= 4 is 21.7 Å². The predicted molar refractivity (Wildman–Crippen MR) is 43.9 cm³/mol. The number of hydrogen-bond acceptors (Lipinski definition) is 3. The summed E-state index contributed by atoms with van der Waals surface area (Å²) < 4.78 is 2.35. The molecule has 0 aliphatic carbocycles. The van der Waals surface area contributed by atoms with Gasteiger partial charge in [-0.15, -0.1) is 11.3 Å². The van der Waals surface area contributed by atoms with E-state index in [0.29, 0.717) is 4.70 Å². The van der Waals surface area contributed by atoms with Gasteiger partial charge in [-0.25, -0.2) is 4.98 Å². The van der Waals surface area contributed by atoms with E-state index in [2.05, 4.69) is 10.1 Å². The average molecular weight is 169 g/mol. The van der Waals surface area contributed by atoms with Crippen LogP contribution < -0.4 is 5.56 Å². The smallest absolute Gasteiger partial charge is 0.270 e. The number of thiazole rings is 1. The zero-order chi connectivity index (χ0) is 8.01. The Morgan fingerprint density at radius 2 is 2.36 bits per heavy atom. The van der Waals surface area contributed by atoms with Gasteiger partial charge < -0.3 is 0 Å². The second kappa shape index (κ2) is 1.94. The fourth-order valence-electron chi connectivity index (χ4n) is 1.05. The van der Waals surface area contributed by atoms with Crippen LogP contribution in [0.25, 0.3) is 10.3 Å². The second-order valence-corrected chi connectivity index (χ2v) is 3.59. The van der Waals surface area contributed by atoms with Crippen LogP contribution in [0, 0.1) is 6.92 Å². The van der Waals surface area contributed by atoms with Gasteiger partial charge in [0.25, 0.3) is 5.56 Å². The van der Waals surface area contributed by atoms with Crippen LogP contribution in [0.3, 0.4) is 0 Å². The van der Waals surface area contributed by atoms with Crippen LogP contribution in [0.15, 0.2) is 4.79 Å². The molecule has 0 aromatic carbocycles. The van der Waals surface area contributed by atoms with Crippen LogP contribution in [0.1, 0.15) is 5.01 Å². The number of aryl methyl sites for hydroxylation is 2. The first kappa shape index (κ1) is 6.60. The lowest BCUT2D eigenvalue weighted by Gasteiger charge is -1.85. The zero-order valence-electron chi connectivity index (χ0n) is 6.21. The predicted octanol–water partition coefficient (Wildman–Crippen LogP) is 0.632. The van der Waals surface area contributed by atoms with E-state index >= 15 is 0 Å². The molecule has 2 aromatic rings. The molecule has 2 heterocycles. The van der Waals surface area contributed by atoms with E-state index in [0.717, 1.165) is 10.7 Å². The molecule has 0 aliphatic rings. The molecule has 0 fully saturated rings. The molecule has 1 N–H and O–H groups in total. The minimum Gasteiger partial charge on any atom is -0.270 e. The molecule has 2 aromatic heterocycles. The third-order valence-corrected chi connectivity index (χ3v) is 2.47. The standard InChI is InChI=1S/C6H7N3OS/c1-3-7-5-4(11-3)6(10)8-9(5)2/h1-2H3,(H,8,10). The summed E-state index contributed by atoms with van der Waals surface area (Å²) in [4.78, 5) is 15.3.